The minimum Gasteiger partial charge on any atom is -0.268 e. The lowest BCUT2D eigenvalue weighted by Crippen LogP contribution is -2.28. The fraction of sp³-hybridized carbons (Fsp3) is 0.0476. The second kappa shape index (κ2) is 7.55. The molecule has 0 bridgehead atoms. The third-order valence-electron chi connectivity index (χ3n) is 3.87. The standard InChI is InChI=1S/C21H16N4OS/c1-15-8-7-12-19(23-15)24-21-25(17-10-3-2-4-11-17)20(26)18(27-21)14-16-9-5-6-13-22-16/h2-14H,1H3/b18-14-,24-21+. The van der Waals surface area contributed by atoms with E-state index in [1.165, 1.54) is 11.8 Å². The first-order chi connectivity index (χ1) is 13.2. The summed E-state index contributed by atoms with van der Waals surface area (Å²) < 4.78 is 0. The van der Waals surface area contributed by atoms with Gasteiger partial charge in [-0.15, -0.1) is 0 Å². The molecule has 6 heteroatoms. The molecule has 2 aromatic heterocycles. The number of hydrogen-bond donors (Lipinski definition) is 0. The normalized spacial score (nSPS) is 17.1. The number of para-hydroxylation sites is 1. The van der Waals surface area contributed by atoms with Gasteiger partial charge in [0.1, 0.15) is 0 Å². The minimum absolute atomic E-state index is 0.122. The van der Waals surface area contributed by atoms with Gasteiger partial charge in [-0.3, -0.25) is 14.7 Å². The second-order valence-corrected chi connectivity index (χ2v) is 6.88. The molecule has 132 valence electrons. The molecule has 5 nitrogen and oxygen atoms in total. The topological polar surface area (TPSA) is 58.5 Å². The summed E-state index contributed by atoms with van der Waals surface area (Å²) in [6, 6.07) is 20.7. The molecule has 0 unspecified atom stereocenters. The van der Waals surface area contributed by atoms with Gasteiger partial charge in [-0.2, -0.15) is 0 Å². The summed E-state index contributed by atoms with van der Waals surface area (Å²) in [5.74, 6) is 0.452. The number of aryl methyl sites for hydroxylation is 1. The van der Waals surface area contributed by atoms with Crippen LogP contribution in [0.3, 0.4) is 0 Å². The molecule has 1 fully saturated rings. The Bertz CT molecular complexity index is 1030. The molecule has 0 aliphatic carbocycles. The van der Waals surface area contributed by atoms with E-state index in [2.05, 4.69) is 15.0 Å². The molecule has 1 aliphatic rings. The number of nitrogens with zero attached hydrogens (tertiary/aromatic N) is 4. The fourth-order valence-electron chi connectivity index (χ4n) is 2.64. The Morgan fingerprint density at radius 2 is 1.81 bits per heavy atom. The molecule has 0 radical (unpaired) electrons. The number of carbonyl (C=O) groups is 1. The number of aliphatic imine (C=N–C) groups is 1. The Morgan fingerprint density at radius 3 is 2.56 bits per heavy atom. The van der Waals surface area contributed by atoms with Crippen LogP contribution in [0.1, 0.15) is 11.4 Å². The van der Waals surface area contributed by atoms with Gasteiger partial charge in [0.25, 0.3) is 5.91 Å². The van der Waals surface area contributed by atoms with Gasteiger partial charge in [0, 0.05) is 11.9 Å². The Hall–Kier alpha value is -3.25. The lowest BCUT2D eigenvalue weighted by atomic mass is 10.2. The zero-order valence-electron chi connectivity index (χ0n) is 14.6. The van der Waals surface area contributed by atoms with Gasteiger partial charge in [0.2, 0.25) is 0 Å². The predicted molar refractivity (Wildman–Crippen MR) is 110 cm³/mol. The fourth-order valence-corrected chi connectivity index (χ4v) is 3.61. The van der Waals surface area contributed by atoms with Crippen LogP contribution < -0.4 is 4.90 Å². The van der Waals surface area contributed by atoms with Crippen LogP contribution in [0.15, 0.2) is 82.8 Å². The van der Waals surface area contributed by atoms with E-state index in [4.69, 9.17) is 0 Å². The van der Waals surface area contributed by atoms with Crippen LogP contribution in [0.25, 0.3) is 6.08 Å². The highest BCUT2D eigenvalue weighted by Crippen LogP contribution is 2.36. The first kappa shape index (κ1) is 17.2. The summed E-state index contributed by atoms with van der Waals surface area (Å²) in [5.41, 5.74) is 2.38. The zero-order valence-corrected chi connectivity index (χ0v) is 15.4. The summed E-state index contributed by atoms with van der Waals surface area (Å²) in [4.78, 5) is 28.6. The lowest BCUT2D eigenvalue weighted by molar-refractivity contribution is -0.113. The monoisotopic (exact) mass is 372 g/mol. The molecule has 1 saturated heterocycles. The number of amides is 1. The van der Waals surface area contributed by atoms with Gasteiger partial charge < -0.3 is 0 Å². The molecule has 1 aliphatic heterocycles. The summed E-state index contributed by atoms with van der Waals surface area (Å²) in [6.45, 7) is 1.91. The third-order valence-corrected chi connectivity index (χ3v) is 4.84. The van der Waals surface area contributed by atoms with Crippen molar-refractivity contribution in [2.75, 3.05) is 4.90 Å². The summed E-state index contributed by atoms with van der Waals surface area (Å²) in [7, 11) is 0. The maximum atomic E-state index is 13.1. The third kappa shape index (κ3) is 3.80. The molecule has 4 rings (SSSR count). The highest BCUT2D eigenvalue weighted by Gasteiger charge is 2.34. The first-order valence-electron chi connectivity index (χ1n) is 8.43. The van der Waals surface area contributed by atoms with Crippen molar-refractivity contribution in [2.24, 2.45) is 4.99 Å². The van der Waals surface area contributed by atoms with E-state index in [0.29, 0.717) is 15.9 Å². The van der Waals surface area contributed by atoms with Crippen LogP contribution in [-0.2, 0) is 4.79 Å². The molecule has 3 aromatic rings. The number of thioether (sulfide) groups is 1. The smallest absolute Gasteiger partial charge is 0.268 e. The van der Waals surface area contributed by atoms with Gasteiger partial charge in [-0.1, -0.05) is 30.3 Å². The molecule has 0 saturated carbocycles. The van der Waals surface area contributed by atoms with Crippen LogP contribution in [-0.4, -0.2) is 21.0 Å². The van der Waals surface area contributed by atoms with Gasteiger partial charge in [0.15, 0.2) is 11.0 Å². The predicted octanol–water partition coefficient (Wildman–Crippen LogP) is 4.59. The Kier molecular flexibility index (Phi) is 4.80. The number of benzene rings is 1. The van der Waals surface area contributed by atoms with E-state index in [9.17, 15) is 4.79 Å². The van der Waals surface area contributed by atoms with Gasteiger partial charge in [-0.05, 0) is 61.2 Å². The quantitative estimate of drug-likeness (QED) is 0.631. The number of hydrogen-bond acceptors (Lipinski definition) is 5. The minimum atomic E-state index is -0.122. The summed E-state index contributed by atoms with van der Waals surface area (Å²) in [6.07, 6.45) is 3.49. The average Bonchev–Trinajstić information content (AvgIpc) is 2.98. The zero-order chi connectivity index (χ0) is 18.6. The maximum Gasteiger partial charge on any atom is 0.271 e. The van der Waals surface area contributed by atoms with Crippen LogP contribution in [0.5, 0.6) is 0 Å². The molecular weight excluding hydrogens is 356 g/mol. The Labute approximate surface area is 161 Å². The lowest BCUT2D eigenvalue weighted by Gasteiger charge is -2.15. The van der Waals surface area contributed by atoms with Gasteiger partial charge in [0.05, 0.1) is 16.3 Å². The number of anilines is 1. The molecule has 27 heavy (non-hydrogen) atoms. The van der Waals surface area contributed by atoms with Crippen molar-refractivity contribution >= 4 is 40.4 Å². The number of carbonyl (C=O) groups excluding carboxylic acids is 1. The van der Waals surface area contributed by atoms with Gasteiger partial charge in [-0.25, -0.2) is 9.98 Å². The van der Waals surface area contributed by atoms with E-state index in [1.807, 2.05) is 73.7 Å². The van der Waals surface area contributed by atoms with E-state index in [1.54, 1.807) is 17.2 Å². The van der Waals surface area contributed by atoms with Crippen LogP contribution in [0.4, 0.5) is 11.5 Å². The largest absolute Gasteiger partial charge is 0.271 e. The van der Waals surface area contributed by atoms with Crippen LogP contribution in [0.2, 0.25) is 0 Å². The first-order valence-corrected chi connectivity index (χ1v) is 9.25. The maximum absolute atomic E-state index is 13.1. The van der Waals surface area contributed by atoms with Crippen LogP contribution >= 0.6 is 11.8 Å². The molecule has 3 heterocycles. The second-order valence-electron chi connectivity index (χ2n) is 5.87. The van der Waals surface area contributed by atoms with Crippen molar-refractivity contribution in [2.45, 2.75) is 6.92 Å². The number of rotatable bonds is 3. The highest BCUT2D eigenvalue weighted by molar-refractivity contribution is 8.19. The highest BCUT2D eigenvalue weighted by atomic mass is 32.2. The van der Waals surface area contributed by atoms with E-state index >= 15 is 0 Å². The summed E-state index contributed by atoms with van der Waals surface area (Å²) >= 11 is 1.32. The van der Waals surface area contributed by atoms with E-state index in [0.717, 1.165) is 17.1 Å². The van der Waals surface area contributed by atoms with Crippen molar-refractivity contribution in [3.05, 3.63) is 89.2 Å². The van der Waals surface area contributed by atoms with Crippen molar-refractivity contribution in [3.63, 3.8) is 0 Å². The van der Waals surface area contributed by atoms with Crippen LogP contribution in [0, 0.1) is 6.92 Å². The van der Waals surface area contributed by atoms with Crippen molar-refractivity contribution in [1.82, 2.24) is 9.97 Å². The summed E-state index contributed by atoms with van der Waals surface area (Å²) in [5, 5.41) is 0.575. The molecule has 1 amide bonds. The SMILES string of the molecule is Cc1cccc(/N=C2/S/C(=C\c3ccccn3)C(=O)N2c2ccccc2)n1. The number of pyridine rings is 2. The number of amidine groups is 1. The molecule has 1 aromatic carbocycles. The van der Waals surface area contributed by atoms with Crippen molar-refractivity contribution < 1.29 is 4.79 Å². The van der Waals surface area contributed by atoms with Crippen molar-refractivity contribution in [3.8, 4) is 0 Å². The molecule has 0 spiro atoms. The Balaban J connectivity index is 1.78. The van der Waals surface area contributed by atoms with Gasteiger partial charge >= 0.3 is 0 Å². The molecular formula is C21H16N4OS. The average molecular weight is 372 g/mol. The molecule has 0 N–H and O–H groups in total. The number of aromatic nitrogens is 2. The Morgan fingerprint density at radius 1 is 1.00 bits per heavy atom. The van der Waals surface area contributed by atoms with Crippen molar-refractivity contribution in [1.29, 1.82) is 0 Å². The molecule has 0 atom stereocenters. The van der Waals surface area contributed by atoms with E-state index < -0.39 is 0 Å². The van der Waals surface area contributed by atoms with E-state index in [-0.39, 0.29) is 5.91 Å².